The summed E-state index contributed by atoms with van der Waals surface area (Å²) in [6, 6.07) is 3.55. The summed E-state index contributed by atoms with van der Waals surface area (Å²) in [5, 5.41) is 5.15. The van der Waals surface area contributed by atoms with Crippen LogP contribution in [-0.4, -0.2) is 49.2 Å². The van der Waals surface area contributed by atoms with Crippen molar-refractivity contribution in [3.05, 3.63) is 28.8 Å². The van der Waals surface area contributed by atoms with Crippen molar-refractivity contribution >= 4 is 25.6 Å². The Hall–Kier alpha value is -2.42. The standard InChI is InChI=1S/C22H35N2O8P/c1-5-19(25)24-14-20(26)32-21-16(2)12-18(13-17(21)3)15-30-22(27)23-10-8-6-7-9-11-31-33(4,28)29/h12-13H,5-11,14-15H2,1-4H3,(H,23,27)(H,24,25)(H,28,29). The molecule has 0 aliphatic heterocycles. The molecule has 11 heteroatoms. The van der Waals surface area contributed by atoms with Gasteiger partial charge in [0, 0.05) is 19.6 Å². The van der Waals surface area contributed by atoms with Crippen LogP contribution in [0.3, 0.4) is 0 Å². The molecule has 0 aromatic heterocycles. The van der Waals surface area contributed by atoms with Gasteiger partial charge in [-0.25, -0.2) is 9.59 Å². The molecule has 1 aromatic rings. The molecule has 1 unspecified atom stereocenters. The third kappa shape index (κ3) is 13.0. The number of carbonyl (C=O) groups is 3. The minimum absolute atomic E-state index is 0.0733. The fourth-order valence-electron chi connectivity index (χ4n) is 2.93. The Morgan fingerprint density at radius 2 is 1.67 bits per heavy atom. The van der Waals surface area contributed by atoms with Crippen LogP contribution in [0.4, 0.5) is 4.79 Å². The summed E-state index contributed by atoms with van der Waals surface area (Å²) in [6.07, 6.45) is 2.89. The van der Waals surface area contributed by atoms with Gasteiger partial charge in [-0.1, -0.05) is 19.8 Å². The Balaban J connectivity index is 2.33. The van der Waals surface area contributed by atoms with Crippen molar-refractivity contribution in [3.8, 4) is 5.75 Å². The number of esters is 1. The van der Waals surface area contributed by atoms with E-state index in [1.807, 2.05) is 0 Å². The first-order chi connectivity index (χ1) is 15.5. The monoisotopic (exact) mass is 486 g/mol. The zero-order valence-corrected chi connectivity index (χ0v) is 20.7. The van der Waals surface area contributed by atoms with Gasteiger partial charge in [-0.2, -0.15) is 0 Å². The van der Waals surface area contributed by atoms with Crippen LogP contribution in [0.2, 0.25) is 0 Å². The van der Waals surface area contributed by atoms with Crippen LogP contribution in [0.5, 0.6) is 5.75 Å². The number of hydrogen-bond donors (Lipinski definition) is 3. The summed E-state index contributed by atoms with van der Waals surface area (Å²) in [5.41, 5.74) is 2.19. The summed E-state index contributed by atoms with van der Waals surface area (Å²) in [6.45, 7) is 7.01. The lowest BCUT2D eigenvalue weighted by Crippen LogP contribution is -2.31. The molecule has 1 aromatic carbocycles. The fourth-order valence-corrected chi connectivity index (χ4v) is 3.40. The van der Waals surface area contributed by atoms with Gasteiger partial charge in [0.25, 0.3) is 0 Å². The lowest BCUT2D eigenvalue weighted by atomic mass is 10.1. The van der Waals surface area contributed by atoms with Crippen LogP contribution in [0.1, 0.15) is 55.7 Å². The van der Waals surface area contributed by atoms with Gasteiger partial charge in [-0.3, -0.25) is 9.36 Å². The van der Waals surface area contributed by atoms with Crippen molar-refractivity contribution in [2.24, 2.45) is 0 Å². The molecule has 3 N–H and O–H groups in total. The number of aryl methyl sites for hydroxylation is 2. The van der Waals surface area contributed by atoms with E-state index in [9.17, 15) is 18.9 Å². The minimum atomic E-state index is -3.41. The molecule has 0 bridgehead atoms. The summed E-state index contributed by atoms with van der Waals surface area (Å²) in [7, 11) is -3.41. The largest absolute Gasteiger partial charge is 0.445 e. The molecule has 2 amide bonds. The van der Waals surface area contributed by atoms with Gasteiger partial charge in [-0.15, -0.1) is 0 Å². The van der Waals surface area contributed by atoms with Crippen LogP contribution in [0, 0.1) is 13.8 Å². The van der Waals surface area contributed by atoms with E-state index in [-0.39, 0.29) is 25.7 Å². The maximum atomic E-state index is 11.9. The van der Waals surface area contributed by atoms with Gasteiger partial charge in [0.2, 0.25) is 5.91 Å². The highest BCUT2D eigenvalue weighted by molar-refractivity contribution is 7.51. The Bertz CT molecular complexity index is 830. The van der Waals surface area contributed by atoms with Crippen molar-refractivity contribution in [2.75, 3.05) is 26.4 Å². The van der Waals surface area contributed by atoms with Gasteiger partial charge in [0.05, 0.1) is 6.61 Å². The summed E-state index contributed by atoms with van der Waals surface area (Å²) >= 11 is 0. The molecule has 0 radical (unpaired) electrons. The first-order valence-corrected chi connectivity index (χ1v) is 13.0. The van der Waals surface area contributed by atoms with Gasteiger partial charge in [0.1, 0.15) is 18.9 Å². The number of hydrogen-bond acceptors (Lipinski definition) is 7. The molecule has 10 nitrogen and oxygen atoms in total. The summed E-state index contributed by atoms with van der Waals surface area (Å²) in [5.74, 6) is -0.365. The molecule has 0 fully saturated rings. The van der Waals surface area contributed by atoms with Crippen molar-refractivity contribution in [3.63, 3.8) is 0 Å². The SMILES string of the molecule is CCC(=O)NCC(=O)Oc1c(C)cc(COC(=O)NCCCCCCOP(C)(=O)O)cc1C. The van der Waals surface area contributed by atoms with E-state index < -0.39 is 19.7 Å². The molecule has 0 aliphatic rings. The maximum absolute atomic E-state index is 11.9. The normalized spacial score (nSPS) is 12.5. The van der Waals surface area contributed by atoms with Crippen molar-refractivity contribution < 1.29 is 37.8 Å². The number of rotatable bonds is 14. The van der Waals surface area contributed by atoms with Crippen molar-refractivity contribution in [2.45, 2.75) is 59.5 Å². The van der Waals surface area contributed by atoms with Crippen LogP contribution >= 0.6 is 7.60 Å². The lowest BCUT2D eigenvalue weighted by molar-refractivity contribution is -0.135. The zero-order valence-electron chi connectivity index (χ0n) is 19.8. The summed E-state index contributed by atoms with van der Waals surface area (Å²) in [4.78, 5) is 44.1. The van der Waals surface area contributed by atoms with E-state index in [0.717, 1.165) is 31.5 Å². The van der Waals surface area contributed by atoms with Crippen LogP contribution in [0.15, 0.2) is 12.1 Å². The lowest BCUT2D eigenvalue weighted by Gasteiger charge is -2.13. The molecule has 1 rings (SSSR count). The van der Waals surface area contributed by atoms with E-state index in [1.54, 1.807) is 32.9 Å². The Morgan fingerprint density at radius 3 is 2.27 bits per heavy atom. The molecular formula is C22H35N2O8P. The van der Waals surface area contributed by atoms with E-state index >= 15 is 0 Å². The highest BCUT2D eigenvalue weighted by Crippen LogP contribution is 2.36. The van der Waals surface area contributed by atoms with Crippen LogP contribution < -0.4 is 15.4 Å². The van der Waals surface area contributed by atoms with Crippen LogP contribution in [0.25, 0.3) is 0 Å². The van der Waals surface area contributed by atoms with E-state index in [2.05, 4.69) is 10.6 Å². The number of amides is 2. The highest BCUT2D eigenvalue weighted by Gasteiger charge is 2.13. The Kier molecular flexibility index (Phi) is 12.7. The average Bonchev–Trinajstić information content (AvgIpc) is 2.74. The molecule has 186 valence electrons. The molecular weight excluding hydrogens is 451 g/mol. The number of benzene rings is 1. The summed E-state index contributed by atoms with van der Waals surface area (Å²) < 4.78 is 26.4. The number of unbranched alkanes of at least 4 members (excludes halogenated alkanes) is 3. The second-order valence-corrected chi connectivity index (χ2v) is 9.58. The zero-order chi connectivity index (χ0) is 24.9. The Morgan fingerprint density at radius 1 is 1.03 bits per heavy atom. The van der Waals surface area contributed by atoms with Crippen molar-refractivity contribution in [1.29, 1.82) is 0 Å². The Labute approximate surface area is 194 Å². The third-order valence-electron chi connectivity index (χ3n) is 4.53. The number of ether oxygens (including phenoxy) is 2. The molecule has 1 atom stereocenters. The van der Waals surface area contributed by atoms with Gasteiger partial charge >= 0.3 is 19.7 Å². The second kappa shape index (κ2) is 14.7. The molecule has 0 saturated carbocycles. The van der Waals surface area contributed by atoms with Crippen LogP contribution in [-0.2, 0) is 30.0 Å². The topological polar surface area (TPSA) is 140 Å². The maximum Gasteiger partial charge on any atom is 0.407 e. The number of alkyl carbamates (subject to hydrolysis) is 1. The smallest absolute Gasteiger partial charge is 0.407 e. The minimum Gasteiger partial charge on any atom is -0.445 e. The molecule has 0 aliphatic carbocycles. The predicted molar refractivity (Wildman–Crippen MR) is 123 cm³/mol. The second-order valence-electron chi connectivity index (χ2n) is 7.72. The quantitative estimate of drug-likeness (QED) is 0.157. The molecule has 33 heavy (non-hydrogen) atoms. The number of nitrogens with one attached hydrogen (secondary N) is 2. The fraction of sp³-hybridized carbons (Fsp3) is 0.591. The van der Waals surface area contributed by atoms with Gasteiger partial charge in [0.15, 0.2) is 0 Å². The van der Waals surface area contributed by atoms with E-state index in [0.29, 0.717) is 36.3 Å². The first kappa shape index (κ1) is 28.6. The van der Waals surface area contributed by atoms with E-state index in [1.165, 1.54) is 0 Å². The van der Waals surface area contributed by atoms with E-state index in [4.69, 9.17) is 18.9 Å². The average molecular weight is 487 g/mol. The van der Waals surface area contributed by atoms with Crippen molar-refractivity contribution in [1.82, 2.24) is 10.6 Å². The predicted octanol–water partition coefficient (Wildman–Crippen LogP) is 3.35. The molecule has 0 heterocycles. The highest BCUT2D eigenvalue weighted by atomic mass is 31.2. The molecule has 0 saturated heterocycles. The number of carbonyl (C=O) groups excluding carboxylic acids is 3. The van der Waals surface area contributed by atoms with Gasteiger partial charge in [-0.05, 0) is 55.5 Å². The van der Waals surface area contributed by atoms with Gasteiger partial charge < -0.3 is 29.5 Å². The molecule has 0 spiro atoms. The first-order valence-electron chi connectivity index (χ1n) is 10.9. The third-order valence-corrected chi connectivity index (χ3v) is 5.19.